The van der Waals surface area contributed by atoms with Crippen LogP contribution in [0.15, 0.2) is 28.6 Å². The molecule has 0 aliphatic carbocycles. The van der Waals surface area contributed by atoms with Crippen LogP contribution < -0.4 is 4.72 Å². The quantitative estimate of drug-likeness (QED) is 0.838. The standard InChI is InChI=1S/C13H11ClN2O3S2/c1-9-15-8-13(20-9)21(18,19)16-12-5-4-11(14)7-10(12)3-2-6-17/h4-5,7-8,16-17H,6H2,1H3. The van der Waals surface area contributed by atoms with Crippen LogP contribution in [0.4, 0.5) is 5.69 Å². The molecule has 0 spiro atoms. The summed E-state index contributed by atoms with van der Waals surface area (Å²) in [6.07, 6.45) is 1.30. The Morgan fingerprint density at radius 3 is 2.86 bits per heavy atom. The number of hydrogen-bond donors (Lipinski definition) is 2. The number of aliphatic hydroxyl groups is 1. The molecule has 0 aliphatic heterocycles. The zero-order valence-corrected chi connectivity index (χ0v) is 13.3. The van der Waals surface area contributed by atoms with E-state index in [0.717, 1.165) is 11.3 Å². The van der Waals surface area contributed by atoms with Gasteiger partial charge >= 0.3 is 0 Å². The van der Waals surface area contributed by atoms with Crippen LogP contribution in [-0.2, 0) is 10.0 Å². The Hall–Kier alpha value is -1.59. The fraction of sp³-hybridized carbons (Fsp3) is 0.154. The van der Waals surface area contributed by atoms with Crippen molar-refractivity contribution in [3.63, 3.8) is 0 Å². The van der Waals surface area contributed by atoms with E-state index < -0.39 is 10.0 Å². The number of thiazole rings is 1. The fourth-order valence-corrected chi connectivity index (χ4v) is 3.86. The molecule has 110 valence electrons. The van der Waals surface area contributed by atoms with Crippen LogP contribution in [0.25, 0.3) is 0 Å². The molecule has 5 nitrogen and oxygen atoms in total. The van der Waals surface area contributed by atoms with Gasteiger partial charge < -0.3 is 5.11 Å². The molecule has 2 N–H and O–H groups in total. The van der Waals surface area contributed by atoms with E-state index in [1.54, 1.807) is 13.0 Å². The van der Waals surface area contributed by atoms with Crippen LogP contribution in [0.5, 0.6) is 0 Å². The number of sulfonamides is 1. The molecule has 0 saturated heterocycles. The predicted molar refractivity (Wildman–Crippen MR) is 83.1 cm³/mol. The highest BCUT2D eigenvalue weighted by Crippen LogP contribution is 2.25. The molecule has 0 atom stereocenters. The van der Waals surface area contributed by atoms with Gasteiger partial charge in [0.05, 0.1) is 22.5 Å². The summed E-state index contributed by atoms with van der Waals surface area (Å²) in [6, 6.07) is 4.61. The van der Waals surface area contributed by atoms with Gasteiger partial charge in [-0.3, -0.25) is 4.72 Å². The summed E-state index contributed by atoms with van der Waals surface area (Å²) in [4.78, 5) is 3.93. The average Bonchev–Trinajstić information content (AvgIpc) is 2.86. The van der Waals surface area contributed by atoms with E-state index in [2.05, 4.69) is 21.5 Å². The Balaban J connectivity index is 2.39. The smallest absolute Gasteiger partial charge is 0.273 e. The number of nitrogens with zero attached hydrogens (tertiary/aromatic N) is 1. The lowest BCUT2D eigenvalue weighted by Gasteiger charge is -2.08. The van der Waals surface area contributed by atoms with Crippen molar-refractivity contribution in [2.45, 2.75) is 11.1 Å². The fourth-order valence-electron chi connectivity index (χ4n) is 1.50. The molecular weight excluding hydrogens is 332 g/mol. The lowest BCUT2D eigenvalue weighted by atomic mass is 10.2. The first-order chi connectivity index (χ1) is 9.92. The van der Waals surface area contributed by atoms with Crippen LogP contribution in [0.1, 0.15) is 10.6 Å². The number of hydrogen-bond acceptors (Lipinski definition) is 5. The van der Waals surface area contributed by atoms with Crippen LogP contribution in [0.3, 0.4) is 0 Å². The molecule has 1 aromatic heterocycles. The number of anilines is 1. The summed E-state index contributed by atoms with van der Waals surface area (Å²) in [5.41, 5.74) is 0.688. The lowest BCUT2D eigenvalue weighted by molar-refractivity contribution is 0.350. The topological polar surface area (TPSA) is 79.3 Å². The SMILES string of the molecule is Cc1ncc(S(=O)(=O)Nc2ccc(Cl)cc2C#CCO)s1. The van der Waals surface area contributed by atoms with E-state index >= 15 is 0 Å². The number of aromatic nitrogens is 1. The summed E-state index contributed by atoms with van der Waals surface area (Å²) >= 11 is 6.95. The first-order valence-corrected chi connectivity index (χ1v) is 8.44. The van der Waals surface area contributed by atoms with E-state index in [1.165, 1.54) is 18.3 Å². The maximum Gasteiger partial charge on any atom is 0.273 e. The second-order valence-electron chi connectivity index (χ2n) is 3.95. The first-order valence-electron chi connectivity index (χ1n) is 5.77. The highest BCUT2D eigenvalue weighted by atomic mass is 35.5. The van der Waals surface area contributed by atoms with Crippen LogP contribution >= 0.6 is 22.9 Å². The van der Waals surface area contributed by atoms with Crippen molar-refractivity contribution in [2.75, 3.05) is 11.3 Å². The number of benzene rings is 1. The highest BCUT2D eigenvalue weighted by molar-refractivity contribution is 7.94. The van der Waals surface area contributed by atoms with Gasteiger partial charge in [0.15, 0.2) is 4.21 Å². The first kappa shape index (κ1) is 15.8. The molecule has 2 aromatic rings. The summed E-state index contributed by atoms with van der Waals surface area (Å²) in [7, 11) is -3.72. The number of nitrogens with one attached hydrogen (secondary N) is 1. The van der Waals surface area contributed by atoms with Gasteiger partial charge in [0.25, 0.3) is 10.0 Å². The number of halogens is 1. The Morgan fingerprint density at radius 1 is 1.48 bits per heavy atom. The molecule has 1 heterocycles. The van der Waals surface area contributed by atoms with E-state index in [-0.39, 0.29) is 10.8 Å². The minimum absolute atomic E-state index is 0.121. The Bertz CT molecular complexity index is 819. The van der Waals surface area contributed by atoms with Crippen molar-refractivity contribution in [1.29, 1.82) is 0 Å². The zero-order chi connectivity index (χ0) is 15.5. The number of aliphatic hydroxyl groups excluding tert-OH is 1. The third-order valence-corrected chi connectivity index (χ3v) is 5.37. The van der Waals surface area contributed by atoms with Gasteiger partial charge in [-0.05, 0) is 25.1 Å². The van der Waals surface area contributed by atoms with Crippen LogP contribution in [0, 0.1) is 18.8 Å². The molecule has 2 rings (SSSR count). The van der Waals surface area contributed by atoms with Crippen molar-refractivity contribution in [3.05, 3.63) is 40.0 Å². The van der Waals surface area contributed by atoms with Crippen LogP contribution in [-0.4, -0.2) is 25.1 Å². The van der Waals surface area contributed by atoms with Crippen molar-refractivity contribution in [3.8, 4) is 11.8 Å². The van der Waals surface area contributed by atoms with Gasteiger partial charge in [0.1, 0.15) is 6.61 Å². The minimum atomic E-state index is -3.72. The van der Waals surface area contributed by atoms with E-state index in [0.29, 0.717) is 21.3 Å². The zero-order valence-electron chi connectivity index (χ0n) is 10.9. The summed E-state index contributed by atoms with van der Waals surface area (Å²) < 4.78 is 27.1. The lowest BCUT2D eigenvalue weighted by Crippen LogP contribution is -2.12. The molecule has 0 bridgehead atoms. The third-order valence-electron chi connectivity index (χ3n) is 2.39. The Morgan fingerprint density at radius 2 is 2.24 bits per heavy atom. The molecule has 0 unspecified atom stereocenters. The highest BCUT2D eigenvalue weighted by Gasteiger charge is 2.18. The van der Waals surface area contributed by atoms with Crippen LogP contribution in [0.2, 0.25) is 5.02 Å². The molecular formula is C13H11ClN2O3S2. The van der Waals surface area contributed by atoms with Crippen molar-refractivity contribution in [1.82, 2.24) is 4.98 Å². The second-order valence-corrected chi connectivity index (χ2v) is 7.53. The monoisotopic (exact) mass is 342 g/mol. The number of aryl methyl sites for hydroxylation is 1. The summed E-state index contributed by atoms with van der Waals surface area (Å²) in [5, 5.41) is 9.83. The van der Waals surface area contributed by atoms with Crippen molar-refractivity contribution < 1.29 is 13.5 Å². The van der Waals surface area contributed by atoms with E-state index in [4.69, 9.17) is 16.7 Å². The summed E-state index contributed by atoms with van der Waals surface area (Å²) in [6.45, 7) is 1.40. The Kier molecular flexibility index (Phi) is 4.85. The van der Waals surface area contributed by atoms with Gasteiger partial charge in [-0.15, -0.1) is 11.3 Å². The second kappa shape index (κ2) is 6.45. The molecule has 8 heteroatoms. The molecule has 0 amide bonds. The summed E-state index contributed by atoms with van der Waals surface area (Å²) in [5.74, 6) is 5.12. The number of rotatable bonds is 3. The van der Waals surface area contributed by atoms with E-state index in [9.17, 15) is 8.42 Å². The molecule has 1 aromatic carbocycles. The van der Waals surface area contributed by atoms with Crippen molar-refractivity contribution >= 4 is 38.6 Å². The van der Waals surface area contributed by atoms with E-state index in [1.807, 2.05) is 0 Å². The maximum absolute atomic E-state index is 12.3. The third kappa shape index (κ3) is 3.95. The predicted octanol–water partition coefficient (Wildman–Crippen LogP) is 2.25. The molecule has 21 heavy (non-hydrogen) atoms. The minimum Gasteiger partial charge on any atom is -0.384 e. The normalized spacial score (nSPS) is 10.8. The van der Waals surface area contributed by atoms with Gasteiger partial charge in [-0.25, -0.2) is 13.4 Å². The molecule has 0 radical (unpaired) electrons. The molecule has 0 fully saturated rings. The Labute approximate surface area is 131 Å². The van der Waals surface area contributed by atoms with Gasteiger partial charge in [-0.2, -0.15) is 0 Å². The molecule has 0 aliphatic rings. The maximum atomic E-state index is 12.3. The largest absolute Gasteiger partial charge is 0.384 e. The molecule has 0 saturated carbocycles. The van der Waals surface area contributed by atoms with Gasteiger partial charge in [-0.1, -0.05) is 23.4 Å². The van der Waals surface area contributed by atoms with Crippen molar-refractivity contribution in [2.24, 2.45) is 0 Å². The van der Waals surface area contributed by atoms with Gasteiger partial charge in [0, 0.05) is 5.02 Å². The average molecular weight is 343 g/mol. The van der Waals surface area contributed by atoms with Gasteiger partial charge in [0.2, 0.25) is 0 Å².